The van der Waals surface area contributed by atoms with Gasteiger partial charge in [-0.1, -0.05) is 13.0 Å². The summed E-state index contributed by atoms with van der Waals surface area (Å²) in [6.45, 7) is 5.40. The molecule has 0 aromatic heterocycles. The average Bonchev–Trinajstić information content (AvgIpc) is 2.41. The number of hydrogen-bond acceptors (Lipinski definition) is 2. The minimum Gasteiger partial charge on any atom is -0.308 e. The lowest BCUT2D eigenvalue weighted by Gasteiger charge is -2.33. The summed E-state index contributed by atoms with van der Waals surface area (Å²) in [5, 5.41) is 3.24. The molecule has 1 N–H and O–H groups in total. The van der Waals surface area contributed by atoms with Crippen molar-refractivity contribution in [3.8, 4) is 0 Å². The predicted octanol–water partition coefficient (Wildman–Crippen LogP) is 2.63. The third kappa shape index (κ3) is 3.13. The van der Waals surface area contributed by atoms with Crippen LogP contribution in [0.2, 0.25) is 0 Å². The molecule has 0 bridgehead atoms. The number of carbonyl (C=O) groups is 1. The molecule has 2 rings (SSSR count). The molecule has 1 saturated heterocycles. The van der Waals surface area contributed by atoms with E-state index in [9.17, 15) is 9.18 Å². The summed E-state index contributed by atoms with van der Waals surface area (Å²) in [5.41, 5.74) is 1.38. The molecule has 0 aliphatic carbocycles. The Morgan fingerprint density at radius 3 is 3.00 bits per heavy atom. The van der Waals surface area contributed by atoms with Crippen LogP contribution in [0.4, 0.5) is 10.1 Å². The summed E-state index contributed by atoms with van der Waals surface area (Å²) >= 11 is 0. The summed E-state index contributed by atoms with van der Waals surface area (Å²) in [6.07, 6.45) is 2.73. The molecule has 1 fully saturated rings. The van der Waals surface area contributed by atoms with Crippen molar-refractivity contribution >= 4 is 11.6 Å². The van der Waals surface area contributed by atoms with E-state index in [2.05, 4.69) is 12.2 Å². The zero-order chi connectivity index (χ0) is 13.8. The quantitative estimate of drug-likeness (QED) is 0.906. The average molecular weight is 264 g/mol. The zero-order valence-electron chi connectivity index (χ0n) is 11.6. The van der Waals surface area contributed by atoms with E-state index in [1.807, 2.05) is 6.92 Å². The van der Waals surface area contributed by atoms with Crippen LogP contribution < -0.4 is 10.2 Å². The summed E-state index contributed by atoms with van der Waals surface area (Å²) in [5.74, 6) is -0.334. The van der Waals surface area contributed by atoms with E-state index in [0.717, 1.165) is 31.4 Å². The van der Waals surface area contributed by atoms with E-state index in [0.29, 0.717) is 12.2 Å². The van der Waals surface area contributed by atoms with Gasteiger partial charge < -0.3 is 10.2 Å². The van der Waals surface area contributed by atoms with Crippen molar-refractivity contribution in [1.29, 1.82) is 0 Å². The van der Waals surface area contributed by atoms with Crippen molar-refractivity contribution in [3.63, 3.8) is 0 Å². The van der Waals surface area contributed by atoms with Gasteiger partial charge in [-0.05, 0) is 50.4 Å². The number of carbonyl (C=O) groups excluding carboxylic acids is 1. The first-order chi connectivity index (χ1) is 9.13. The van der Waals surface area contributed by atoms with E-state index >= 15 is 0 Å². The summed E-state index contributed by atoms with van der Waals surface area (Å²) in [6, 6.07) is 4.73. The molecule has 1 aromatic carbocycles. The van der Waals surface area contributed by atoms with Gasteiger partial charge >= 0.3 is 0 Å². The number of anilines is 1. The van der Waals surface area contributed by atoms with Crippen LogP contribution in [0.15, 0.2) is 18.2 Å². The number of aryl methyl sites for hydroxylation is 1. The van der Waals surface area contributed by atoms with Crippen molar-refractivity contribution in [3.05, 3.63) is 29.6 Å². The first kappa shape index (κ1) is 14.0. The molecule has 4 heteroatoms. The van der Waals surface area contributed by atoms with Gasteiger partial charge in [0.15, 0.2) is 0 Å². The molecule has 0 radical (unpaired) electrons. The second-order valence-corrected chi connectivity index (χ2v) is 5.09. The largest absolute Gasteiger partial charge is 0.308 e. The monoisotopic (exact) mass is 264 g/mol. The summed E-state index contributed by atoms with van der Waals surface area (Å²) < 4.78 is 13.9. The van der Waals surface area contributed by atoms with Gasteiger partial charge in [-0.15, -0.1) is 0 Å². The van der Waals surface area contributed by atoms with Crippen molar-refractivity contribution in [2.75, 3.05) is 18.0 Å². The molecule has 1 unspecified atom stereocenters. The van der Waals surface area contributed by atoms with Crippen molar-refractivity contribution in [1.82, 2.24) is 5.32 Å². The maximum Gasteiger partial charge on any atom is 0.244 e. The summed E-state index contributed by atoms with van der Waals surface area (Å²) in [7, 11) is 0. The minimum atomic E-state index is -0.324. The second kappa shape index (κ2) is 6.15. The van der Waals surface area contributed by atoms with Gasteiger partial charge in [0, 0.05) is 6.54 Å². The Kier molecular flexibility index (Phi) is 4.53. The molecule has 19 heavy (non-hydrogen) atoms. The number of piperidine rings is 1. The Bertz CT molecular complexity index is 461. The van der Waals surface area contributed by atoms with E-state index in [1.165, 1.54) is 6.07 Å². The maximum atomic E-state index is 13.9. The third-order valence-electron chi connectivity index (χ3n) is 3.47. The van der Waals surface area contributed by atoms with Gasteiger partial charge in [0.05, 0.1) is 11.7 Å². The molecule has 1 aromatic rings. The fourth-order valence-corrected chi connectivity index (χ4v) is 2.45. The number of halogens is 1. The minimum absolute atomic E-state index is 0.01000. The number of benzene rings is 1. The molecule has 0 spiro atoms. The molecule has 1 aliphatic heterocycles. The lowest BCUT2D eigenvalue weighted by molar-refractivity contribution is -0.121. The predicted molar refractivity (Wildman–Crippen MR) is 74.8 cm³/mol. The standard InChI is InChI=1S/C15H21FN2O/c1-3-8-17-13-5-4-9-18(15(13)19)14-10-11(2)6-7-12(14)16/h6-7,10,13,17H,3-5,8-9H2,1-2H3. The summed E-state index contributed by atoms with van der Waals surface area (Å²) in [4.78, 5) is 14.0. The molecule has 3 nitrogen and oxygen atoms in total. The normalized spacial score (nSPS) is 19.8. The molecule has 104 valence electrons. The van der Waals surface area contributed by atoms with Crippen molar-refractivity contribution < 1.29 is 9.18 Å². The highest BCUT2D eigenvalue weighted by Gasteiger charge is 2.30. The fraction of sp³-hybridized carbons (Fsp3) is 0.533. The number of amides is 1. The number of nitrogens with one attached hydrogen (secondary N) is 1. The van der Waals surface area contributed by atoms with Gasteiger partial charge in [-0.3, -0.25) is 4.79 Å². The molecule has 1 atom stereocenters. The SMILES string of the molecule is CCCNC1CCCN(c2cc(C)ccc2F)C1=O. The number of hydrogen-bond donors (Lipinski definition) is 1. The smallest absolute Gasteiger partial charge is 0.244 e. The zero-order valence-corrected chi connectivity index (χ0v) is 11.6. The first-order valence-corrected chi connectivity index (χ1v) is 6.94. The van der Waals surface area contributed by atoms with E-state index in [-0.39, 0.29) is 17.8 Å². The van der Waals surface area contributed by atoms with Crippen LogP contribution in [0.25, 0.3) is 0 Å². The second-order valence-electron chi connectivity index (χ2n) is 5.09. The Labute approximate surface area is 113 Å². The van der Waals surface area contributed by atoms with Gasteiger partial charge in [0.25, 0.3) is 0 Å². The van der Waals surface area contributed by atoms with Gasteiger partial charge in [-0.2, -0.15) is 0 Å². The molecule has 1 heterocycles. The lowest BCUT2D eigenvalue weighted by Crippen LogP contribution is -2.51. The highest BCUT2D eigenvalue weighted by atomic mass is 19.1. The number of rotatable bonds is 4. The highest BCUT2D eigenvalue weighted by Crippen LogP contribution is 2.25. The van der Waals surface area contributed by atoms with Gasteiger partial charge in [0.2, 0.25) is 5.91 Å². The van der Waals surface area contributed by atoms with E-state index in [1.54, 1.807) is 17.0 Å². The molecular formula is C15H21FN2O. The molecule has 0 saturated carbocycles. The Morgan fingerprint density at radius 1 is 1.47 bits per heavy atom. The molecule has 1 aliphatic rings. The van der Waals surface area contributed by atoms with Crippen LogP contribution in [0.5, 0.6) is 0 Å². The Balaban J connectivity index is 2.19. The molecule has 1 amide bonds. The first-order valence-electron chi connectivity index (χ1n) is 6.94. The third-order valence-corrected chi connectivity index (χ3v) is 3.47. The van der Waals surface area contributed by atoms with E-state index in [4.69, 9.17) is 0 Å². The molecular weight excluding hydrogens is 243 g/mol. The van der Waals surface area contributed by atoms with E-state index < -0.39 is 0 Å². The maximum absolute atomic E-state index is 13.9. The van der Waals surface area contributed by atoms with Crippen molar-refractivity contribution in [2.24, 2.45) is 0 Å². The Morgan fingerprint density at radius 2 is 2.26 bits per heavy atom. The van der Waals surface area contributed by atoms with Crippen LogP contribution >= 0.6 is 0 Å². The fourth-order valence-electron chi connectivity index (χ4n) is 2.45. The van der Waals surface area contributed by atoms with Crippen LogP contribution in [-0.4, -0.2) is 25.0 Å². The van der Waals surface area contributed by atoms with Crippen LogP contribution in [0.3, 0.4) is 0 Å². The van der Waals surface area contributed by atoms with Crippen LogP contribution in [-0.2, 0) is 4.79 Å². The number of nitrogens with zero attached hydrogens (tertiary/aromatic N) is 1. The Hall–Kier alpha value is -1.42. The van der Waals surface area contributed by atoms with Crippen molar-refractivity contribution in [2.45, 2.75) is 39.2 Å². The van der Waals surface area contributed by atoms with Crippen LogP contribution in [0.1, 0.15) is 31.7 Å². The highest BCUT2D eigenvalue weighted by molar-refractivity contribution is 5.98. The lowest BCUT2D eigenvalue weighted by atomic mass is 10.0. The van der Waals surface area contributed by atoms with Crippen LogP contribution in [0, 0.1) is 12.7 Å². The van der Waals surface area contributed by atoms with Gasteiger partial charge in [-0.25, -0.2) is 4.39 Å². The topological polar surface area (TPSA) is 32.3 Å². The van der Waals surface area contributed by atoms with Gasteiger partial charge in [0.1, 0.15) is 5.82 Å².